The Hall–Kier alpha value is -1.88. The summed E-state index contributed by atoms with van der Waals surface area (Å²) >= 11 is 0. The summed E-state index contributed by atoms with van der Waals surface area (Å²) in [4.78, 5) is 6.60. The lowest BCUT2D eigenvalue weighted by Crippen LogP contribution is -2.28. The molecule has 1 aliphatic heterocycles. The highest BCUT2D eigenvalue weighted by molar-refractivity contribution is 6.01. The predicted molar refractivity (Wildman–Crippen MR) is 75.8 cm³/mol. The van der Waals surface area contributed by atoms with Crippen molar-refractivity contribution < 1.29 is 4.39 Å². The minimum Gasteiger partial charge on any atom is -0.398 e. The molecule has 0 aliphatic carbocycles. The standard InChI is InChI=1S/C14H17FN4/c15-11-2-3-12(16)13-10(11)4-6-18-14(13)19-8-1-5-17-7-9-19/h2-4,6,17H,1,5,7-9,16H2. The second-order valence-electron chi connectivity index (χ2n) is 4.78. The van der Waals surface area contributed by atoms with Crippen molar-refractivity contribution in [3.63, 3.8) is 0 Å². The molecular weight excluding hydrogens is 243 g/mol. The Kier molecular flexibility index (Phi) is 3.21. The van der Waals surface area contributed by atoms with E-state index in [2.05, 4.69) is 15.2 Å². The fourth-order valence-electron chi connectivity index (χ4n) is 2.57. The Morgan fingerprint density at radius 1 is 1.21 bits per heavy atom. The van der Waals surface area contributed by atoms with Gasteiger partial charge in [0.1, 0.15) is 11.6 Å². The van der Waals surface area contributed by atoms with E-state index < -0.39 is 0 Å². The highest BCUT2D eigenvalue weighted by Crippen LogP contribution is 2.31. The fourth-order valence-corrected chi connectivity index (χ4v) is 2.57. The molecule has 2 aromatic rings. The van der Waals surface area contributed by atoms with Gasteiger partial charge in [-0.1, -0.05) is 0 Å². The summed E-state index contributed by atoms with van der Waals surface area (Å²) in [6, 6.07) is 4.70. The molecule has 1 saturated heterocycles. The van der Waals surface area contributed by atoms with Gasteiger partial charge in [0.25, 0.3) is 0 Å². The Bertz CT molecular complexity index is 591. The topological polar surface area (TPSA) is 54.2 Å². The molecule has 0 amide bonds. The number of fused-ring (bicyclic) bond motifs is 1. The van der Waals surface area contributed by atoms with E-state index in [1.807, 2.05) is 0 Å². The van der Waals surface area contributed by atoms with Crippen molar-refractivity contribution in [2.75, 3.05) is 36.8 Å². The average Bonchev–Trinajstić information content (AvgIpc) is 2.71. The van der Waals surface area contributed by atoms with Crippen LogP contribution in [-0.4, -0.2) is 31.2 Å². The van der Waals surface area contributed by atoms with E-state index >= 15 is 0 Å². The molecule has 1 fully saturated rings. The zero-order valence-electron chi connectivity index (χ0n) is 10.7. The second-order valence-corrected chi connectivity index (χ2v) is 4.78. The smallest absolute Gasteiger partial charge is 0.138 e. The molecule has 0 radical (unpaired) electrons. The van der Waals surface area contributed by atoms with Crippen LogP contribution >= 0.6 is 0 Å². The zero-order chi connectivity index (χ0) is 13.2. The summed E-state index contributed by atoms with van der Waals surface area (Å²) < 4.78 is 13.9. The van der Waals surface area contributed by atoms with Crippen LogP contribution < -0.4 is 16.0 Å². The van der Waals surface area contributed by atoms with E-state index in [0.29, 0.717) is 11.1 Å². The lowest BCUT2D eigenvalue weighted by atomic mass is 10.1. The third-order valence-corrected chi connectivity index (χ3v) is 3.53. The number of nitrogen functional groups attached to an aromatic ring is 1. The van der Waals surface area contributed by atoms with Gasteiger partial charge >= 0.3 is 0 Å². The molecule has 3 N–H and O–H groups in total. The summed E-state index contributed by atoms with van der Waals surface area (Å²) in [6.45, 7) is 3.69. The van der Waals surface area contributed by atoms with Crippen LogP contribution in [0.4, 0.5) is 15.9 Å². The van der Waals surface area contributed by atoms with E-state index in [-0.39, 0.29) is 5.82 Å². The molecule has 1 aromatic carbocycles. The van der Waals surface area contributed by atoms with E-state index in [1.54, 1.807) is 18.3 Å². The molecule has 3 rings (SSSR count). The third kappa shape index (κ3) is 2.21. The minimum absolute atomic E-state index is 0.249. The lowest BCUT2D eigenvalue weighted by molar-refractivity contribution is 0.640. The van der Waals surface area contributed by atoms with E-state index in [1.165, 1.54) is 6.07 Å². The number of rotatable bonds is 1. The molecule has 0 saturated carbocycles. The quantitative estimate of drug-likeness (QED) is 0.767. The number of hydrogen-bond acceptors (Lipinski definition) is 4. The molecule has 19 heavy (non-hydrogen) atoms. The second kappa shape index (κ2) is 5.01. The maximum atomic E-state index is 13.9. The van der Waals surface area contributed by atoms with Gasteiger partial charge in [-0.25, -0.2) is 9.37 Å². The van der Waals surface area contributed by atoms with Gasteiger partial charge in [-0.3, -0.25) is 0 Å². The first-order valence-corrected chi connectivity index (χ1v) is 6.56. The number of nitrogens with zero attached hydrogens (tertiary/aromatic N) is 2. The molecular formula is C14H17FN4. The minimum atomic E-state index is -0.249. The molecule has 0 bridgehead atoms. The van der Waals surface area contributed by atoms with Crippen molar-refractivity contribution in [2.45, 2.75) is 6.42 Å². The first-order chi connectivity index (χ1) is 9.27. The zero-order valence-corrected chi connectivity index (χ0v) is 10.7. The summed E-state index contributed by atoms with van der Waals surface area (Å²) in [5.74, 6) is 0.541. The van der Waals surface area contributed by atoms with Gasteiger partial charge in [0, 0.05) is 36.9 Å². The first-order valence-electron chi connectivity index (χ1n) is 6.56. The highest BCUT2D eigenvalue weighted by Gasteiger charge is 2.16. The normalized spacial score (nSPS) is 16.6. The van der Waals surface area contributed by atoms with Crippen molar-refractivity contribution in [3.8, 4) is 0 Å². The van der Waals surface area contributed by atoms with Crippen LogP contribution in [-0.2, 0) is 0 Å². The molecule has 0 atom stereocenters. The van der Waals surface area contributed by atoms with Crippen LogP contribution in [0.2, 0.25) is 0 Å². The van der Waals surface area contributed by atoms with Gasteiger partial charge in [0.15, 0.2) is 0 Å². The number of nitrogens with one attached hydrogen (secondary N) is 1. The summed E-state index contributed by atoms with van der Waals surface area (Å²) in [5.41, 5.74) is 6.60. The predicted octanol–water partition coefficient (Wildman–Crippen LogP) is 1.76. The van der Waals surface area contributed by atoms with Crippen LogP contribution in [0.3, 0.4) is 0 Å². The molecule has 1 aliphatic rings. The number of anilines is 2. The maximum absolute atomic E-state index is 13.9. The molecule has 0 spiro atoms. The Morgan fingerprint density at radius 3 is 3.00 bits per heavy atom. The molecule has 0 unspecified atom stereocenters. The van der Waals surface area contributed by atoms with Gasteiger partial charge < -0.3 is 16.0 Å². The van der Waals surface area contributed by atoms with Gasteiger partial charge in [-0.15, -0.1) is 0 Å². The van der Waals surface area contributed by atoms with Crippen LogP contribution in [0.1, 0.15) is 6.42 Å². The van der Waals surface area contributed by atoms with Crippen LogP contribution in [0, 0.1) is 5.82 Å². The van der Waals surface area contributed by atoms with Crippen molar-refractivity contribution in [3.05, 3.63) is 30.2 Å². The Morgan fingerprint density at radius 2 is 2.11 bits per heavy atom. The van der Waals surface area contributed by atoms with E-state index in [9.17, 15) is 4.39 Å². The van der Waals surface area contributed by atoms with Crippen LogP contribution in [0.15, 0.2) is 24.4 Å². The molecule has 2 heterocycles. The van der Waals surface area contributed by atoms with Crippen molar-refractivity contribution in [1.82, 2.24) is 10.3 Å². The number of nitrogens with two attached hydrogens (primary N) is 1. The summed E-state index contributed by atoms with van der Waals surface area (Å²) in [5, 5.41) is 4.62. The van der Waals surface area contributed by atoms with Crippen molar-refractivity contribution in [2.24, 2.45) is 0 Å². The van der Waals surface area contributed by atoms with Crippen LogP contribution in [0.5, 0.6) is 0 Å². The van der Waals surface area contributed by atoms with Gasteiger partial charge in [0.05, 0.1) is 5.39 Å². The van der Waals surface area contributed by atoms with Gasteiger partial charge in [-0.2, -0.15) is 0 Å². The number of halogens is 1. The molecule has 4 nitrogen and oxygen atoms in total. The maximum Gasteiger partial charge on any atom is 0.138 e. The number of aromatic nitrogens is 1. The number of pyridine rings is 1. The Balaban J connectivity index is 2.15. The first kappa shape index (κ1) is 12.2. The summed E-state index contributed by atoms with van der Waals surface area (Å²) in [7, 11) is 0. The van der Waals surface area contributed by atoms with Crippen LogP contribution in [0.25, 0.3) is 10.8 Å². The van der Waals surface area contributed by atoms with E-state index in [0.717, 1.165) is 43.8 Å². The molecule has 5 heteroatoms. The third-order valence-electron chi connectivity index (χ3n) is 3.53. The average molecular weight is 260 g/mol. The van der Waals surface area contributed by atoms with E-state index in [4.69, 9.17) is 5.73 Å². The van der Waals surface area contributed by atoms with Crippen molar-refractivity contribution >= 4 is 22.3 Å². The fraction of sp³-hybridized carbons (Fsp3) is 0.357. The largest absolute Gasteiger partial charge is 0.398 e. The van der Waals surface area contributed by atoms with Gasteiger partial charge in [-0.05, 0) is 31.2 Å². The highest BCUT2D eigenvalue weighted by atomic mass is 19.1. The molecule has 1 aromatic heterocycles. The molecule has 100 valence electrons. The Labute approximate surface area is 111 Å². The monoisotopic (exact) mass is 260 g/mol. The lowest BCUT2D eigenvalue weighted by Gasteiger charge is -2.23. The van der Waals surface area contributed by atoms with Gasteiger partial charge in [0.2, 0.25) is 0 Å². The van der Waals surface area contributed by atoms with Crippen molar-refractivity contribution in [1.29, 1.82) is 0 Å². The summed E-state index contributed by atoms with van der Waals surface area (Å²) in [6.07, 6.45) is 2.70. The number of benzene rings is 1. The SMILES string of the molecule is Nc1ccc(F)c2ccnc(N3CCCNCC3)c12. The number of hydrogen-bond donors (Lipinski definition) is 2.